The van der Waals surface area contributed by atoms with E-state index in [1.165, 1.54) is 6.92 Å². The number of hydrogen-bond donors (Lipinski definition) is 1. The molecule has 0 aliphatic carbocycles. The highest BCUT2D eigenvalue weighted by atomic mass is 16.2. The van der Waals surface area contributed by atoms with Gasteiger partial charge in [0.2, 0.25) is 5.91 Å². The Morgan fingerprint density at radius 2 is 1.71 bits per heavy atom. The number of carbonyl (C=O) groups excluding carboxylic acids is 2. The monoisotopic (exact) mass is 199 g/mol. The Morgan fingerprint density at radius 1 is 1.21 bits per heavy atom. The van der Waals surface area contributed by atoms with Crippen molar-refractivity contribution in [2.75, 3.05) is 0 Å². The first-order chi connectivity index (χ1) is 6.40. The molecular weight excluding hydrogens is 178 g/mol. The third-order valence-corrected chi connectivity index (χ3v) is 2.45. The van der Waals surface area contributed by atoms with Crippen LogP contribution in [0.5, 0.6) is 0 Å². The van der Waals surface area contributed by atoms with Gasteiger partial charge in [0.05, 0.1) is 6.04 Å². The maximum absolute atomic E-state index is 11.8. The lowest BCUT2D eigenvalue weighted by molar-refractivity contribution is -0.129. The lowest BCUT2D eigenvalue weighted by Gasteiger charge is -2.24. The van der Waals surface area contributed by atoms with Crippen LogP contribution in [-0.2, 0) is 9.59 Å². The molecule has 0 aliphatic rings. The minimum absolute atomic E-state index is 0.0270. The van der Waals surface area contributed by atoms with Gasteiger partial charge in [0.15, 0.2) is 5.78 Å². The van der Waals surface area contributed by atoms with Gasteiger partial charge in [-0.3, -0.25) is 9.59 Å². The summed E-state index contributed by atoms with van der Waals surface area (Å²) in [6, 6.07) is -0.322. The third kappa shape index (κ3) is 3.90. The van der Waals surface area contributed by atoms with Gasteiger partial charge in [-0.05, 0) is 5.92 Å². The minimum atomic E-state index is -0.322. The van der Waals surface area contributed by atoms with Crippen LogP contribution in [0.2, 0.25) is 0 Å². The highest BCUT2D eigenvalue weighted by molar-refractivity contribution is 5.89. The van der Waals surface area contributed by atoms with Crippen molar-refractivity contribution in [2.24, 2.45) is 11.8 Å². The first kappa shape index (κ1) is 13.1. The fourth-order valence-corrected chi connectivity index (χ4v) is 1.31. The normalized spacial score (nSPS) is 15.0. The number of nitrogens with one attached hydrogen (secondary N) is 1. The third-order valence-electron chi connectivity index (χ3n) is 2.45. The van der Waals surface area contributed by atoms with E-state index in [0.29, 0.717) is 0 Å². The molecule has 0 rings (SSSR count). The topological polar surface area (TPSA) is 46.2 Å². The van der Waals surface area contributed by atoms with E-state index in [1.54, 1.807) is 0 Å². The van der Waals surface area contributed by atoms with E-state index >= 15 is 0 Å². The number of amides is 1. The average molecular weight is 199 g/mol. The summed E-state index contributed by atoms with van der Waals surface area (Å²) in [7, 11) is 0. The molecule has 0 bridgehead atoms. The molecule has 2 unspecified atom stereocenters. The highest BCUT2D eigenvalue weighted by Gasteiger charge is 2.26. The Kier molecular flexibility index (Phi) is 5.43. The van der Waals surface area contributed by atoms with Crippen molar-refractivity contribution >= 4 is 11.7 Å². The van der Waals surface area contributed by atoms with Crippen LogP contribution >= 0.6 is 0 Å². The molecule has 0 fully saturated rings. The SMILES string of the molecule is CCC(C)C(NC(C)=O)C(=O)C(C)C. The maximum atomic E-state index is 11.8. The van der Waals surface area contributed by atoms with E-state index in [2.05, 4.69) is 5.32 Å². The summed E-state index contributed by atoms with van der Waals surface area (Å²) in [5.41, 5.74) is 0. The van der Waals surface area contributed by atoms with E-state index in [9.17, 15) is 9.59 Å². The summed E-state index contributed by atoms with van der Waals surface area (Å²) in [5.74, 6) is 0.161. The molecule has 3 heteroatoms. The number of Topliss-reactive ketones (excluding diaryl/α,β-unsaturated/α-hetero) is 1. The maximum Gasteiger partial charge on any atom is 0.217 e. The highest BCUT2D eigenvalue weighted by Crippen LogP contribution is 2.12. The van der Waals surface area contributed by atoms with E-state index in [0.717, 1.165) is 6.42 Å². The second kappa shape index (κ2) is 5.78. The molecule has 0 aliphatic heterocycles. The molecule has 3 nitrogen and oxygen atoms in total. The van der Waals surface area contributed by atoms with Crippen LogP contribution in [0.15, 0.2) is 0 Å². The van der Waals surface area contributed by atoms with Crippen molar-refractivity contribution in [3.05, 3.63) is 0 Å². The Morgan fingerprint density at radius 3 is 2.00 bits per heavy atom. The molecule has 0 aromatic heterocycles. The van der Waals surface area contributed by atoms with Crippen molar-refractivity contribution in [1.29, 1.82) is 0 Å². The lowest BCUT2D eigenvalue weighted by Crippen LogP contribution is -2.45. The number of carbonyl (C=O) groups is 2. The zero-order valence-electron chi connectivity index (χ0n) is 9.76. The number of rotatable bonds is 5. The van der Waals surface area contributed by atoms with Gasteiger partial charge < -0.3 is 5.32 Å². The summed E-state index contributed by atoms with van der Waals surface area (Å²) < 4.78 is 0. The van der Waals surface area contributed by atoms with Crippen molar-refractivity contribution < 1.29 is 9.59 Å². The number of hydrogen-bond acceptors (Lipinski definition) is 2. The van der Waals surface area contributed by atoms with Crippen molar-refractivity contribution in [3.8, 4) is 0 Å². The summed E-state index contributed by atoms with van der Waals surface area (Å²) >= 11 is 0. The quantitative estimate of drug-likeness (QED) is 0.733. The summed E-state index contributed by atoms with van der Waals surface area (Å²) in [5, 5.41) is 2.72. The summed E-state index contributed by atoms with van der Waals surface area (Å²) in [4.78, 5) is 22.7. The Bertz CT molecular complexity index is 211. The second-order valence-electron chi connectivity index (χ2n) is 4.12. The summed E-state index contributed by atoms with van der Waals surface area (Å²) in [6.45, 7) is 9.18. The smallest absolute Gasteiger partial charge is 0.217 e. The van der Waals surface area contributed by atoms with E-state index in [4.69, 9.17) is 0 Å². The van der Waals surface area contributed by atoms with Crippen LogP contribution in [0.25, 0.3) is 0 Å². The van der Waals surface area contributed by atoms with Gasteiger partial charge in [0.25, 0.3) is 0 Å². The standard InChI is InChI=1S/C11H21NO2/c1-6-8(4)10(12-9(5)13)11(14)7(2)3/h7-8,10H,6H2,1-5H3,(H,12,13). The fraction of sp³-hybridized carbons (Fsp3) is 0.818. The number of ketones is 1. The van der Waals surface area contributed by atoms with Crippen LogP contribution < -0.4 is 5.32 Å². The molecule has 0 spiro atoms. The van der Waals surface area contributed by atoms with Crippen molar-refractivity contribution in [2.45, 2.75) is 47.1 Å². The largest absolute Gasteiger partial charge is 0.346 e. The average Bonchev–Trinajstić information content (AvgIpc) is 2.11. The van der Waals surface area contributed by atoms with Crippen LogP contribution in [0.4, 0.5) is 0 Å². The molecule has 1 amide bonds. The van der Waals surface area contributed by atoms with Crippen molar-refractivity contribution in [1.82, 2.24) is 5.32 Å². The fourth-order valence-electron chi connectivity index (χ4n) is 1.31. The molecular formula is C11H21NO2. The Balaban J connectivity index is 4.54. The van der Waals surface area contributed by atoms with Gasteiger partial charge in [0.1, 0.15) is 0 Å². The molecule has 0 aromatic rings. The second-order valence-corrected chi connectivity index (χ2v) is 4.12. The first-order valence-corrected chi connectivity index (χ1v) is 5.21. The molecule has 14 heavy (non-hydrogen) atoms. The zero-order chi connectivity index (χ0) is 11.3. The summed E-state index contributed by atoms with van der Waals surface area (Å²) in [6.07, 6.45) is 0.892. The van der Waals surface area contributed by atoms with Crippen LogP contribution in [0.3, 0.4) is 0 Å². The Labute approximate surface area is 86.3 Å². The van der Waals surface area contributed by atoms with Gasteiger partial charge in [0, 0.05) is 12.8 Å². The van der Waals surface area contributed by atoms with Crippen LogP contribution in [-0.4, -0.2) is 17.7 Å². The van der Waals surface area contributed by atoms with Gasteiger partial charge >= 0.3 is 0 Å². The van der Waals surface area contributed by atoms with Crippen LogP contribution in [0, 0.1) is 11.8 Å². The molecule has 0 saturated heterocycles. The van der Waals surface area contributed by atoms with Gasteiger partial charge in [-0.2, -0.15) is 0 Å². The molecule has 0 saturated carbocycles. The lowest BCUT2D eigenvalue weighted by atomic mass is 9.90. The molecule has 0 aromatic carbocycles. The molecule has 2 atom stereocenters. The molecule has 0 heterocycles. The van der Waals surface area contributed by atoms with Gasteiger partial charge in [-0.1, -0.05) is 34.1 Å². The van der Waals surface area contributed by atoms with E-state index < -0.39 is 0 Å². The van der Waals surface area contributed by atoms with E-state index in [-0.39, 0.29) is 29.6 Å². The minimum Gasteiger partial charge on any atom is -0.346 e. The first-order valence-electron chi connectivity index (χ1n) is 5.21. The van der Waals surface area contributed by atoms with Crippen molar-refractivity contribution in [3.63, 3.8) is 0 Å². The predicted molar refractivity (Wildman–Crippen MR) is 56.9 cm³/mol. The Hall–Kier alpha value is -0.860. The van der Waals surface area contributed by atoms with E-state index in [1.807, 2.05) is 27.7 Å². The van der Waals surface area contributed by atoms with Crippen LogP contribution in [0.1, 0.15) is 41.0 Å². The molecule has 0 radical (unpaired) electrons. The predicted octanol–water partition coefficient (Wildman–Crippen LogP) is 1.76. The zero-order valence-corrected chi connectivity index (χ0v) is 9.76. The van der Waals surface area contributed by atoms with Gasteiger partial charge in [-0.25, -0.2) is 0 Å². The molecule has 1 N–H and O–H groups in total. The molecule has 82 valence electrons. The van der Waals surface area contributed by atoms with Gasteiger partial charge in [-0.15, -0.1) is 0 Å².